The first-order valence-corrected chi connectivity index (χ1v) is 9.68. The van der Waals surface area contributed by atoms with Crippen molar-refractivity contribution in [2.45, 2.75) is 12.7 Å². The van der Waals surface area contributed by atoms with Gasteiger partial charge >= 0.3 is 6.18 Å². The molecule has 3 aromatic rings. The first-order chi connectivity index (χ1) is 13.5. The molecule has 2 heterocycles. The smallest absolute Gasteiger partial charge is 0.303 e. The predicted octanol–water partition coefficient (Wildman–Crippen LogP) is 5.66. The second-order valence-corrected chi connectivity index (χ2v) is 7.92. The van der Waals surface area contributed by atoms with Gasteiger partial charge in [0.05, 0.1) is 11.0 Å². The lowest BCUT2D eigenvalue weighted by molar-refractivity contribution is -0.141. The second kappa shape index (κ2) is 8.17. The summed E-state index contributed by atoms with van der Waals surface area (Å²) >= 11 is 21.0. The van der Waals surface area contributed by atoms with Crippen molar-refractivity contribution in [2.24, 2.45) is 7.05 Å². The summed E-state index contributed by atoms with van der Waals surface area (Å²) in [6.07, 6.45) is -3.21. The summed E-state index contributed by atoms with van der Waals surface area (Å²) < 4.78 is 41.4. The summed E-state index contributed by atoms with van der Waals surface area (Å²) in [5.74, 6) is -0.804. The van der Waals surface area contributed by atoms with Crippen LogP contribution in [0.25, 0.3) is 0 Å². The number of benzene rings is 1. The summed E-state index contributed by atoms with van der Waals surface area (Å²) in [5.41, 5.74) is -1.05. The second-order valence-electron chi connectivity index (χ2n) is 5.85. The fraction of sp³-hybridized carbons (Fsp3) is 0.188. The zero-order valence-electron chi connectivity index (χ0n) is 14.4. The molecule has 0 saturated heterocycles. The number of aromatic nitrogens is 4. The summed E-state index contributed by atoms with van der Waals surface area (Å²) in [7, 11) is 1.19. The number of alkyl halides is 3. The normalized spacial score (nSPS) is 11.7. The van der Waals surface area contributed by atoms with Gasteiger partial charge in [-0.15, -0.1) is 0 Å². The highest BCUT2D eigenvalue weighted by atomic mass is 79.9. The Kier molecular flexibility index (Phi) is 6.19. The number of aryl methyl sites for hydroxylation is 1. The van der Waals surface area contributed by atoms with Crippen LogP contribution in [0.1, 0.15) is 21.7 Å². The van der Waals surface area contributed by atoms with Crippen LogP contribution in [-0.4, -0.2) is 25.5 Å². The molecular weight excluding hydrogens is 521 g/mol. The van der Waals surface area contributed by atoms with Crippen molar-refractivity contribution >= 4 is 62.5 Å². The van der Waals surface area contributed by atoms with Crippen LogP contribution >= 0.6 is 50.7 Å². The minimum Gasteiger partial charge on any atom is -0.303 e. The van der Waals surface area contributed by atoms with Crippen LogP contribution in [0, 0.1) is 0 Å². The van der Waals surface area contributed by atoms with Crippen molar-refractivity contribution in [1.29, 1.82) is 0 Å². The molecular formula is C16H10BrCl3F3N5O. The van der Waals surface area contributed by atoms with E-state index in [0.29, 0.717) is 14.5 Å². The van der Waals surface area contributed by atoms with E-state index in [1.807, 2.05) is 0 Å². The molecule has 0 radical (unpaired) electrons. The van der Waals surface area contributed by atoms with Gasteiger partial charge in [0.1, 0.15) is 10.7 Å². The van der Waals surface area contributed by atoms with Crippen LogP contribution in [0.3, 0.4) is 0 Å². The fourth-order valence-corrected chi connectivity index (χ4v) is 3.72. The van der Waals surface area contributed by atoms with Gasteiger partial charge < -0.3 is 5.32 Å². The Morgan fingerprint density at radius 3 is 2.52 bits per heavy atom. The van der Waals surface area contributed by atoms with Crippen molar-refractivity contribution in [1.82, 2.24) is 19.6 Å². The number of nitrogens with one attached hydrogen (secondary N) is 1. The van der Waals surface area contributed by atoms with Gasteiger partial charge in [0.2, 0.25) is 0 Å². The maximum Gasteiger partial charge on any atom is 0.436 e. The van der Waals surface area contributed by atoms with Crippen molar-refractivity contribution < 1.29 is 18.0 Å². The third-order valence-electron chi connectivity index (χ3n) is 3.77. The average molecular weight is 532 g/mol. The largest absolute Gasteiger partial charge is 0.436 e. The van der Waals surface area contributed by atoms with Crippen molar-refractivity contribution in [3.63, 3.8) is 0 Å². The Morgan fingerprint density at radius 2 is 1.93 bits per heavy atom. The number of hydrogen-bond donors (Lipinski definition) is 1. The molecule has 13 heteroatoms. The number of anilines is 1. The summed E-state index contributed by atoms with van der Waals surface area (Å²) in [5, 5.41) is 10.0. The van der Waals surface area contributed by atoms with E-state index in [0.717, 1.165) is 10.2 Å². The standard InChI is InChI=1S/C16H10BrCl3F3N5O/c1-27-12(11(20)13(25-27)16(21,22)23)15(29)24-14-9(17)6-28(26-14)5-7-2-3-8(18)4-10(7)19/h2-4,6H,5H2,1H3,(H,24,26,29). The highest BCUT2D eigenvalue weighted by molar-refractivity contribution is 9.10. The van der Waals surface area contributed by atoms with Crippen LogP contribution in [0.5, 0.6) is 0 Å². The zero-order valence-corrected chi connectivity index (χ0v) is 18.2. The summed E-state index contributed by atoms with van der Waals surface area (Å²) in [6.45, 7) is 0.273. The minimum atomic E-state index is -4.78. The molecule has 0 aliphatic heterocycles. The highest BCUT2D eigenvalue weighted by Crippen LogP contribution is 2.35. The SMILES string of the molecule is Cn1nc(C(F)(F)F)c(Cl)c1C(=O)Nc1nn(Cc2ccc(Cl)cc2Cl)cc1Br. The molecule has 0 bridgehead atoms. The van der Waals surface area contributed by atoms with E-state index in [-0.39, 0.29) is 12.4 Å². The number of rotatable bonds is 4. The molecule has 6 nitrogen and oxygen atoms in total. The third kappa shape index (κ3) is 4.71. The number of amides is 1. The monoisotopic (exact) mass is 529 g/mol. The number of carbonyl (C=O) groups is 1. The van der Waals surface area contributed by atoms with Crippen LogP contribution in [0.15, 0.2) is 28.9 Å². The van der Waals surface area contributed by atoms with Crippen LogP contribution < -0.4 is 5.32 Å². The number of carbonyl (C=O) groups excluding carboxylic acids is 1. The van der Waals surface area contributed by atoms with E-state index < -0.39 is 28.5 Å². The molecule has 0 saturated carbocycles. The molecule has 0 aliphatic rings. The van der Waals surface area contributed by atoms with Crippen LogP contribution in [0.2, 0.25) is 15.1 Å². The molecule has 3 rings (SSSR count). The fourth-order valence-electron chi connectivity index (χ4n) is 2.48. The van der Waals surface area contributed by atoms with Gasteiger partial charge in [0.25, 0.3) is 5.91 Å². The Bertz CT molecular complexity index is 1100. The molecule has 0 atom stereocenters. The molecule has 2 aromatic heterocycles. The van der Waals surface area contributed by atoms with Crippen molar-refractivity contribution in [3.05, 3.63) is 60.9 Å². The van der Waals surface area contributed by atoms with E-state index in [1.54, 1.807) is 24.4 Å². The lowest BCUT2D eigenvalue weighted by Gasteiger charge is -2.06. The molecule has 0 spiro atoms. The topological polar surface area (TPSA) is 64.7 Å². The van der Waals surface area contributed by atoms with Gasteiger partial charge in [-0.05, 0) is 33.6 Å². The van der Waals surface area contributed by atoms with E-state index in [9.17, 15) is 18.0 Å². The van der Waals surface area contributed by atoms with Gasteiger partial charge in [0.15, 0.2) is 11.5 Å². The van der Waals surface area contributed by atoms with Gasteiger partial charge in [-0.2, -0.15) is 23.4 Å². The Labute approximate surface area is 185 Å². The molecule has 0 fully saturated rings. The lowest BCUT2D eigenvalue weighted by atomic mass is 10.2. The third-order valence-corrected chi connectivity index (χ3v) is 5.29. The van der Waals surface area contributed by atoms with Crippen LogP contribution in [-0.2, 0) is 19.8 Å². The highest BCUT2D eigenvalue weighted by Gasteiger charge is 2.39. The predicted molar refractivity (Wildman–Crippen MR) is 107 cm³/mol. The number of hydrogen-bond acceptors (Lipinski definition) is 3. The molecule has 154 valence electrons. The van der Waals surface area contributed by atoms with Crippen molar-refractivity contribution in [2.75, 3.05) is 5.32 Å². The molecule has 1 aromatic carbocycles. The van der Waals surface area contributed by atoms with E-state index in [1.165, 1.54) is 11.7 Å². The van der Waals surface area contributed by atoms with Gasteiger partial charge in [-0.3, -0.25) is 14.2 Å². The lowest BCUT2D eigenvalue weighted by Crippen LogP contribution is -2.17. The Hall–Kier alpha value is -1.75. The maximum absolute atomic E-state index is 12.9. The molecule has 29 heavy (non-hydrogen) atoms. The molecule has 0 aliphatic carbocycles. The zero-order chi connectivity index (χ0) is 21.5. The Morgan fingerprint density at radius 1 is 1.24 bits per heavy atom. The van der Waals surface area contributed by atoms with Crippen LogP contribution in [0.4, 0.5) is 19.0 Å². The first-order valence-electron chi connectivity index (χ1n) is 7.75. The summed E-state index contributed by atoms with van der Waals surface area (Å²) in [4.78, 5) is 12.5. The molecule has 1 N–H and O–H groups in total. The van der Waals surface area contributed by atoms with Gasteiger partial charge in [-0.1, -0.05) is 40.9 Å². The quantitative estimate of drug-likeness (QED) is 0.473. The van der Waals surface area contributed by atoms with Crippen molar-refractivity contribution in [3.8, 4) is 0 Å². The van der Waals surface area contributed by atoms with E-state index in [4.69, 9.17) is 34.8 Å². The molecule has 1 amide bonds. The minimum absolute atomic E-state index is 0.0888. The van der Waals surface area contributed by atoms with E-state index >= 15 is 0 Å². The van der Waals surface area contributed by atoms with Gasteiger partial charge in [0, 0.05) is 23.3 Å². The number of halogens is 7. The molecule has 0 unspecified atom stereocenters. The van der Waals surface area contributed by atoms with E-state index in [2.05, 4.69) is 31.4 Å². The Balaban J connectivity index is 1.83. The number of nitrogens with zero attached hydrogens (tertiary/aromatic N) is 4. The maximum atomic E-state index is 12.9. The first kappa shape index (κ1) is 21.9. The summed E-state index contributed by atoms with van der Waals surface area (Å²) in [6, 6.07) is 4.99. The average Bonchev–Trinajstić information content (AvgIpc) is 3.09. The van der Waals surface area contributed by atoms with Gasteiger partial charge in [-0.25, -0.2) is 0 Å².